The van der Waals surface area contributed by atoms with Crippen molar-refractivity contribution in [3.8, 4) is 0 Å². The molecule has 10 heteroatoms. The molecule has 3 rings (SSSR count). The number of nitrogens with one attached hydrogen (secondary N) is 4. The van der Waals surface area contributed by atoms with E-state index < -0.39 is 21.6 Å². The number of sulfonamides is 1. The predicted octanol–water partition coefficient (Wildman–Crippen LogP) is 1.03. The number of methoxy groups -OCH3 is 1. The Morgan fingerprint density at radius 1 is 1.11 bits per heavy atom. The van der Waals surface area contributed by atoms with Gasteiger partial charge in [-0.15, -0.1) is 0 Å². The number of hydrogen-bond acceptors (Lipinski definition) is 5. The van der Waals surface area contributed by atoms with Gasteiger partial charge in [0, 0.05) is 13.7 Å². The van der Waals surface area contributed by atoms with E-state index in [1.807, 2.05) is 0 Å². The van der Waals surface area contributed by atoms with Gasteiger partial charge in [0.2, 0.25) is 0 Å². The molecule has 0 aliphatic rings. The smallest absolute Gasteiger partial charge is 0.323 e. The number of carbonyl (C=O) groups excluding carboxylic acids is 1. The van der Waals surface area contributed by atoms with Crippen molar-refractivity contribution >= 4 is 32.7 Å². The van der Waals surface area contributed by atoms with Crippen molar-refractivity contribution in [2.45, 2.75) is 4.90 Å². The monoisotopic (exact) mass is 390 g/mol. The van der Waals surface area contributed by atoms with Crippen molar-refractivity contribution in [3.05, 3.63) is 58.5 Å². The van der Waals surface area contributed by atoms with Gasteiger partial charge in [-0.05, 0) is 30.3 Å². The molecule has 0 aliphatic heterocycles. The number of rotatable bonds is 7. The van der Waals surface area contributed by atoms with Gasteiger partial charge in [0.1, 0.15) is 0 Å². The van der Waals surface area contributed by atoms with Gasteiger partial charge in [0.25, 0.3) is 15.9 Å². The predicted molar refractivity (Wildman–Crippen MR) is 100 cm³/mol. The van der Waals surface area contributed by atoms with Crippen LogP contribution in [0.25, 0.3) is 11.0 Å². The number of imidazole rings is 1. The highest BCUT2D eigenvalue weighted by Crippen LogP contribution is 2.21. The van der Waals surface area contributed by atoms with Gasteiger partial charge in [0.05, 0.1) is 33.8 Å². The molecule has 27 heavy (non-hydrogen) atoms. The van der Waals surface area contributed by atoms with Gasteiger partial charge in [-0.2, -0.15) is 0 Å². The lowest BCUT2D eigenvalue weighted by molar-refractivity contribution is 0.0938. The molecule has 0 unspecified atom stereocenters. The Bertz CT molecular complexity index is 1130. The number of aromatic nitrogens is 2. The molecule has 0 atom stereocenters. The first-order valence-corrected chi connectivity index (χ1v) is 9.50. The molecule has 1 heterocycles. The number of fused-ring (bicyclic) bond motifs is 1. The fourth-order valence-electron chi connectivity index (χ4n) is 2.51. The van der Waals surface area contributed by atoms with Gasteiger partial charge in [-0.1, -0.05) is 12.1 Å². The first kappa shape index (κ1) is 18.7. The molecule has 1 aromatic heterocycles. The van der Waals surface area contributed by atoms with E-state index in [4.69, 9.17) is 4.74 Å². The molecular formula is C17H18N4O5S. The lowest BCUT2D eigenvalue weighted by Crippen LogP contribution is -2.28. The first-order valence-electron chi connectivity index (χ1n) is 8.02. The largest absolute Gasteiger partial charge is 0.383 e. The van der Waals surface area contributed by atoms with Gasteiger partial charge in [-0.25, -0.2) is 13.2 Å². The molecule has 142 valence electrons. The number of para-hydroxylation sites is 1. The summed E-state index contributed by atoms with van der Waals surface area (Å²) >= 11 is 0. The third kappa shape index (κ3) is 4.18. The lowest BCUT2D eigenvalue weighted by Gasteiger charge is -2.13. The Balaban J connectivity index is 1.88. The van der Waals surface area contributed by atoms with Crippen molar-refractivity contribution in [2.24, 2.45) is 0 Å². The molecule has 9 nitrogen and oxygen atoms in total. The summed E-state index contributed by atoms with van der Waals surface area (Å²) < 4.78 is 32.7. The number of carbonyl (C=O) groups is 1. The maximum Gasteiger partial charge on any atom is 0.323 e. The number of ether oxygens (including phenoxy) is 1. The quantitative estimate of drug-likeness (QED) is 0.447. The van der Waals surface area contributed by atoms with Crippen molar-refractivity contribution in [1.29, 1.82) is 0 Å². The average Bonchev–Trinajstić information content (AvgIpc) is 3.01. The van der Waals surface area contributed by atoms with Crippen LogP contribution in [-0.4, -0.2) is 44.6 Å². The average molecular weight is 390 g/mol. The number of benzene rings is 2. The molecule has 0 spiro atoms. The summed E-state index contributed by atoms with van der Waals surface area (Å²) in [4.78, 5) is 28.7. The Hall–Kier alpha value is -3.11. The molecule has 3 aromatic rings. The minimum absolute atomic E-state index is 0.0418. The molecule has 4 N–H and O–H groups in total. The minimum atomic E-state index is -3.97. The van der Waals surface area contributed by atoms with E-state index >= 15 is 0 Å². The summed E-state index contributed by atoms with van der Waals surface area (Å²) in [5.74, 6) is -0.421. The molecule has 0 aliphatic carbocycles. The zero-order valence-corrected chi connectivity index (χ0v) is 15.2. The third-order valence-corrected chi connectivity index (χ3v) is 5.17. The summed E-state index contributed by atoms with van der Waals surface area (Å²) in [7, 11) is -2.45. The van der Waals surface area contributed by atoms with E-state index in [0.717, 1.165) is 0 Å². The zero-order valence-electron chi connectivity index (χ0n) is 14.4. The normalized spacial score (nSPS) is 11.4. The Morgan fingerprint density at radius 2 is 1.85 bits per heavy atom. The SMILES string of the molecule is COCCNC(=O)c1ccccc1NS(=O)(=O)c1ccc2[nH]c(=O)[nH]c2c1. The van der Waals surface area contributed by atoms with Crippen LogP contribution in [0.1, 0.15) is 10.4 Å². The van der Waals surface area contributed by atoms with E-state index in [9.17, 15) is 18.0 Å². The molecule has 0 saturated heterocycles. The van der Waals surface area contributed by atoms with Crippen LogP contribution in [0.2, 0.25) is 0 Å². The third-order valence-electron chi connectivity index (χ3n) is 3.81. The molecule has 2 aromatic carbocycles. The second-order valence-electron chi connectivity index (χ2n) is 5.69. The number of hydrogen-bond donors (Lipinski definition) is 4. The van der Waals surface area contributed by atoms with Crippen LogP contribution < -0.4 is 15.7 Å². The van der Waals surface area contributed by atoms with Crippen LogP contribution in [0.5, 0.6) is 0 Å². The van der Waals surface area contributed by atoms with Gasteiger partial charge in [0.15, 0.2) is 0 Å². The summed E-state index contributed by atoms with van der Waals surface area (Å²) in [5.41, 5.74) is 0.777. The van der Waals surface area contributed by atoms with Crippen LogP contribution >= 0.6 is 0 Å². The number of H-pyrrole nitrogens is 2. The summed E-state index contributed by atoms with van der Waals surface area (Å²) in [6, 6.07) is 10.5. The highest BCUT2D eigenvalue weighted by atomic mass is 32.2. The summed E-state index contributed by atoms with van der Waals surface area (Å²) in [6.07, 6.45) is 0. The van der Waals surface area contributed by atoms with Gasteiger partial charge in [-0.3, -0.25) is 9.52 Å². The molecule has 1 amide bonds. The fourth-order valence-corrected chi connectivity index (χ4v) is 3.62. The van der Waals surface area contributed by atoms with Crippen molar-refractivity contribution in [3.63, 3.8) is 0 Å². The Morgan fingerprint density at radius 3 is 2.63 bits per heavy atom. The van der Waals surface area contributed by atoms with E-state index in [-0.39, 0.29) is 16.1 Å². The number of anilines is 1. The second-order valence-corrected chi connectivity index (χ2v) is 7.37. The maximum atomic E-state index is 12.7. The Kier molecular flexibility index (Phi) is 5.28. The van der Waals surface area contributed by atoms with E-state index in [1.165, 1.54) is 37.4 Å². The fraction of sp³-hybridized carbons (Fsp3) is 0.176. The first-order chi connectivity index (χ1) is 12.9. The van der Waals surface area contributed by atoms with E-state index in [1.54, 1.807) is 12.1 Å². The van der Waals surface area contributed by atoms with Crippen LogP contribution in [0.3, 0.4) is 0 Å². The molecule has 0 saturated carbocycles. The van der Waals surface area contributed by atoms with Crippen molar-refractivity contribution in [2.75, 3.05) is 25.0 Å². The Labute approximate surface area is 154 Å². The van der Waals surface area contributed by atoms with Crippen molar-refractivity contribution < 1.29 is 17.9 Å². The summed E-state index contributed by atoms with van der Waals surface area (Å²) in [6.45, 7) is 0.641. The molecule has 0 bridgehead atoms. The second kappa shape index (κ2) is 7.64. The topological polar surface area (TPSA) is 133 Å². The molecule has 0 fully saturated rings. The van der Waals surface area contributed by atoms with Crippen LogP contribution in [0, 0.1) is 0 Å². The van der Waals surface area contributed by atoms with Gasteiger partial charge >= 0.3 is 5.69 Å². The van der Waals surface area contributed by atoms with E-state index in [2.05, 4.69) is 20.0 Å². The minimum Gasteiger partial charge on any atom is -0.383 e. The summed E-state index contributed by atoms with van der Waals surface area (Å²) in [5, 5.41) is 2.65. The van der Waals surface area contributed by atoms with Gasteiger partial charge < -0.3 is 20.0 Å². The number of aromatic amines is 2. The van der Waals surface area contributed by atoms with Crippen LogP contribution in [0.4, 0.5) is 5.69 Å². The zero-order chi connectivity index (χ0) is 19.4. The van der Waals surface area contributed by atoms with E-state index in [0.29, 0.717) is 24.2 Å². The highest BCUT2D eigenvalue weighted by molar-refractivity contribution is 7.92. The van der Waals surface area contributed by atoms with Crippen LogP contribution in [-0.2, 0) is 14.8 Å². The molecule has 0 radical (unpaired) electrons. The number of amides is 1. The van der Waals surface area contributed by atoms with Crippen molar-refractivity contribution in [1.82, 2.24) is 15.3 Å². The lowest BCUT2D eigenvalue weighted by atomic mass is 10.2. The standard InChI is InChI=1S/C17H18N4O5S/c1-26-9-8-18-16(22)12-4-2-3-5-13(12)21-27(24,25)11-6-7-14-15(10-11)20-17(23)19-14/h2-7,10,21H,8-9H2,1H3,(H,18,22)(H2,19,20,23). The maximum absolute atomic E-state index is 12.7. The van der Waals surface area contributed by atoms with Crippen LogP contribution in [0.15, 0.2) is 52.2 Å². The molecular weight excluding hydrogens is 372 g/mol. The highest BCUT2D eigenvalue weighted by Gasteiger charge is 2.19.